The number of nitrogens with zero attached hydrogens (tertiary/aromatic N) is 4. The smallest absolute Gasteiger partial charge is 0.350 e. The maximum absolute atomic E-state index is 12.6. The van der Waals surface area contributed by atoms with Gasteiger partial charge in [0, 0.05) is 32.1 Å². The van der Waals surface area contributed by atoms with E-state index in [2.05, 4.69) is 25.1 Å². The van der Waals surface area contributed by atoms with Crippen LogP contribution in [0.15, 0.2) is 10.4 Å². The Kier molecular flexibility index (Phi) is 6.39. The van der Waals surface area contributed by atoms with Gasteiger partial charge in [0.2, 0.25) is 0 Å². The lowest BCUT2D eigenvalue weighted by molar-refractivity contribution is -0.140. The lowest BCUT2D eigenvalue weighted by atomic mass is 10.1. The number of nitrogens with one attached hydrogen (secondary N) is 1. The highest BCUT2D eigenvalue weighted by Crippen LogP contribution is 2.30. The van der Waals surface area contributed by atoms with Crippen LogP contribution in [-0.2, 0) is 12.7 Å². The van der Waals surface area contributed by atoms with E-state index in [9.17, 15) is 13.2 Å². The van der Waals surface area contributed by atoms with Gasteiger partial charge in [-0.1, -0.05) is 6.42 Å². The quantitative estimate of drug-likeness (QED) is 0.635. The van der Waals surface area contributed by atoms with Crippen LogP contribution in [0, 0.1) is 5.92 Å². The lowest BCUT2D eigenvalue weighted by Gasteiger charge is -2.29. The molecule has 0 radical (unpaired) electrons. The summed E-state index contributed by atoms with van der Waals surface area (Å²) in [6.45, 7) is 5.69. The first-order chi connectivity index (χ1) is 12.5. The van der Waals surface area contributed by atoms with E-state index < -0.39 is 11.9 Å². The summed E-state index contributed by atoms with van der Waals surface area (Å²) in [5.74, 6) is 1.37. The van der Waals surface area contributed by atoms with Gasteiger partial charge in [-0.2, -0.15) is 13.2 Å². The molecule has 2 fully saturated rings. The fourth-order valence-corrected chi connectivity index (χ4v) is 4.43. The maximum atomic E-state index is 12.6. The van der Waals surface area contributed by atoms with Gasteiger partial charge in [-0.15, -0.1) is 11.3 Å². The average Bonchev–Trinajstić information content (AvgIpc) is 3.26. The molecule has 26 heavy (non-hydrogen) atoms. The molecule has 2 aliphatic heterocycles. The van der Waals surface area contributed by atoms with Crippen LogP contribution in [0.3, 0.4) is 0 Å². The molecule has 1 atom stereocenters. The first kappa shape index (κ1) is 19.4. The van der Waals surface area contributed by atoms with Crippen molar-refractivity contribution in [1.29, 1.82) is 0 Å². The number of halogens is 3. The number of alkyl halides is 3. The molecule has 1 aromatic rings. The van der Waals surface area contributed by atoms with Crippen molar-refractivity contribution >= 4 is 17.3 Å². The van der Waals surface area contributed by atoms with E-state index in [-0.39, 0.29) is 6.54 Å². The first-order valence-electron chi connectivity index (χ1n) is 9.15. The molecule has 0 amide bonds. The van der Waals surface area contributed by atoms with Crippen LogP contribution in [0.4, 0.5) is 13.2 Å². The first-order valence-corrected chi connectivity index (χ1v) is 10.0. The summed E-state index contributed by atoms with van der Waals surface area (Å²) in [6, 6.07) is 0. The number of aromatic nitrogens is 1. The summed E-state index contributed by atoms with van der Waals surface area (Å²) in [7, 11) is 1.71. The molecule has 0 aromatic carbocycles. The minimum atomic E-state index is -4.38. The van der Waals surface area contributed by atoms with Gasteiger partial charge in [0.15, 0.2) is 11.7 Å². The Hall–Kier alpha value is -1.35. The Labute approximate surface area is 156 Å². The summed E-state index contributed by atoms with van der Waals surface area (Å²) in [5, 5.41) is 4.64. The van der Waals surface area contributed by atoms with E-state index in [1.165, 1.54) is 32.4 Å². The van der Waals surface area contributed by atoms with Gasteiger partial charge < -0.3 is 15.1 Å². The molecule has 9 heteroatoms. The topological polar surface area (TPSA) is 43.8 Å². The molecule has 2 saturated heterocycles. The van der Waals surface area contributed by atoms with Crippen LogP contribution in [0.2, 0.25) is 0 Å². The molecule has 5 nitrogen and oxygen atoms in total. The zero-order valence-corrected chi connectivity index (χ0v) is 15.9. The summed E-state index contributed by atoms with van der Waals surface area (Å²) in [6.07, 6.45) is 0.692. The van der Waals surface area contributed by atoms with Gasteiger partial charge in [-0.25, -0.2) is 4.98 Å². The van der Waals surface area contributed by atoms with E-state index in [1.807, 2.05) is 0 Å². The Morgan fingerprint density at radius 2 is 2.08 bits per heavy atom. The van der Waals surface area contributed by atoms with Crippen molar-refractivity contribution in [3.8, 4) is 0 Å². The second kappa shape index (κ2) is 8.56. The van der Waals surface area contributed by atoms with Crippen molar-refractivity contribution in [2.75, 3.05) is 39.8 Å². The SMILES string of the molecule is CN=C(NCc1nc(C(F)(F)F)cs1)N1CCC(CN2CCCCC2)C1. The summed E-state index contributed by atoms with van der Waals surface area (Å²) >= 11 is 1.02. The zero-order valence-electron chi connectivity index (χ0n) is 15.1. The predicted octanol–water partition coefficient (Wildman–Crippen LogP) is 3.05. The number of thiazole rings is 1. The normalized spacial score (nSPS) is 22.8. The van der Waals surface area contributed by atoms with Crippen LogP contribution in [0.25, 0.3) is 0 Å². The van der Waals surface area contributed by atoms with Gasteiger partial charge in [0.1, 0.15) is 5.01 Å². The van der Waals surface area contributed by atoms with Crippen LogP contribution in [-0.4, -0.2) is 60.5 Å². The van der Waals surface area contributed by atoms with Crippen LogP contribution >= 0.6 is 11.3 Å². The lowest BCUT2D eigenvalue weighted by Crippen LogP contribution is -2.41. The molecule has 1 N–H and O–H groups in total. The van der Waals surface area contributed by atoms with Crippen molar-refractivity contribution in [3.05, 3.63) is 16.1 Å². The number of aliphatic imine (C=N–C) groups is 1. The second-order valence-corrected chi connectivity index (χ2v) is 7.93. The molecular weight excluding hydrogens is 363 g/mol. The number of hydrogen-bond donors (Lipinski definition) is 1. The summed E-state index contributed by atoms with van der Waals surface area (Å²) in [5.41, 5.74) is -0.822. The van der Waals surface area contributed by atoms with E-state index in [0.717, 1.165) is 48.7 Å². The average molecular weight is 389 g/mol. The molecule has 0 bridgehead atoms. The van der Waals surface area contributed by atoms with Crippen molar-refractivity contribution in [2.45, 2.75) is 38.4 Å². The zero-order chi connectivity index (χ0) is 18.6. The van der Waals surface area contributed by atoms with Gasteiger partial charge in [0.25, 0.3) is 0 Å². The van der Waals surface area contributed by atoms with Gasteiger partial charge in [-0.05, 0) is 38.3 Å². The van der Waals surface area contributed by atoms with Gasteiger partial charge >= 0.3 is 6.18 Å². The summed E-state index contributed by atoms with van der Waals surface area (Å²) in [4.78, 5) is 12.7. The van der Waals surface area contributed by atoms with Crippen molar-refractivity contribution in [2.24, 2.45) is 10.9 Å². The minimum Gasteiger partial charge on any atom is -0.350 e. The van der Waals surface area contributed by atoms with E-state index in [1.54, 1.807) is 7.05 Å². The highest BCUT2D eigenvalue weighted by molar-refractivity contribution is 7.09. The standard InChI is InChI=1S/C17H26F3N5S/c1-21-16(22-9-15-23-14(12-26-15)17(18,19)20)25-8-5-13(11-25)10-24-6-3-2-4-7-24/h12-13H,2-11H2,1H3,(H,21,22). The largest absolute Gasteiger partial charge is 0.434 e. The van der Waals surface area contributed by atoms with Gasteiger partial charge in [-0.3, -0.25) is 4.99 Å². The molecule has 0 aliphatic carbocycles. The van der Waals surface area contributed by atoms with Crippen molar-refractivity contribution in [1.82, 2.24) is 20.1 Å². The number of hydrogen-bond acceptors (Lipinski definition) is 4. The van der Waals surface area contributed by atoms with E-state index in [4.69, 9.17) is 0 Å². The van der Waals surface area contributed by atoms with E-state index >= 15 is 0 Å². The maximum Gasteiger partial charge on any atom is 0.434 e. The molecule has 2 aliphatic rings. The fourth-order valence-electron chi connectivity index (χ4n) is 3.69. The molecular formula is C17H26F3N5S. The fraction of sp³-hybridized carbons (Fsp3) is 0.765. The summed E-state index contributed by atoms with van der Waals surface area (Å²) < 4.78 is 37.9. The number of guanidine groups is 1. The van der Waals surface area contributed by atoms with Crippen molar-refractivity contribution < 1.29 is 13.2 Å². The number of likely N-dealkylation sites (tertiary alicyclic amines) is 2. The highest BCUT2D eigenvalue weighted by Gasteiger charge is 2.33. The number of piperidine rings is 1. The number of rotatable bonds is 4. The Morgan fingerprint density at radius 1 is 1.31 bits per heavy atom. The highest BCUT2D eigenvalue weighted by atomic mass is 32.1. The minimum absolute atomic E-state index is 0.265. The van der Waals surface area contributed by atoms with Crippen molar-refractivity contribution in [3.63, 3.8) is 0 Å². The van der Waals surface area contributed by atoms with Crippen LogP contribution in [0.1, 0.15) is 36.4 Å². The molecule has 0 spiro atoms. The predicted molar refractivity (Wildman–Crippen MR) is 97.3 cm³/mol. The van der Waals surface area contributed by atoms with Gasteiger partial charge in [0.05, 0.1) is 6.54 Å². The molecule has 1 unspecified atom stereocenters. The Bertz CT molecular complexity index is 610. The van der Waals surface area contributed by atoms with Crippen LogP contribution in [0.5, 0.6) is 0 Å². The molecule has 1 aromatic heterocycles. The second-order valence-electron chi connectivity index (χ2n) is 6.99. The Balaban J connectivity index is 1.47. The van der Waals surface area contributed by atoms with E-state index in [0.29, 0.717) is 10.9 Å². The molecule has 3 rings (SSSR count). The third kappa shape index (κ3) is 5.09. The van der Waals surface area contributed by atoms with Crippen LogP contribution < -0.4 is 5.32 Å². The molecule has 3 heterocycles. The third-order valence-corrected chi connectivity index (χ3v) is 5.85. The molecule has 0 saturated carbocycles. The third-order valence-electron chi connectivity index (χ3n) is 5.00. The Morgan fingerprint density at radius 3 is 2.73 bits per heavy atom. The monoisotopic (exact) mass is 389 g/mol. The molecule has 146 valence electrons.